The van der Waals surface area contributed by atoms with Crippen LogP contribution in [0, 0.1) is 10.1 Å². The van der Waals surface area contributed by atoms with E-state index in [0.29, 0.717) is 12.3 Å². The molecule has 0 bridgehead atoms. The number of ketones is 1. The van der Waals surface area contributed by atoms with Gasteiger partial charge in [0.1, 0.15) is 17.6 Å². The van der Waals surface area contributed by atoms with E-state index in [9.17, 15) is 24.8 Å². The maximum absolute atomic E-state index is 12.7. The number of nitro benzene ring substituents is 1. The Morgan fingerprint density at radius 2 is 1.93 bits per heavy atom. The monoisotopic (exact) mass is 385 g/mol. The molecule has 9 nitrogen and oxygen atoms in total. The first-order chi connectivity index (χ1) is 13.3. The van der Waals surface area contributed by atoms with Crippen LogP contribution in [0.1, 0.15) is 17.4 Å². The molecule has 1 unspecified atom stereocenters. The van der Waals surface area contributed by atoms with Crippen molar-refractivity contribution in [1.29, 1.82) is 0 Å². The molecule has 28 heavy (non-hydrogen) atoms. The lowest BCUT2D eigenvalue weighted by Gasteiger charge is -2.24. The third-order valence-corrected chi connectivity index (χ3v) is 4.49. The number of carbonyl (C=O) groups is 2. The van der Waals surface area contributed by atoms with E-state index in [-0.39, 0.29) is 23.4 Å². The first kappa shape index (κ1) is 19.3. The molecule has 9 heteroatoms. The van der Waals surface area contributed by atoms with Gasteiger partial charge in [-0.25, -0.2) is 0 Å². The Balaban J connectivity index is 2.07. The van der Waals surface area contributed by atoms with Crippen LogP contribution >= 0.6 is 0 Å². The summed E-state index contributed by atoms with van der Waals surface area (Å²) in [6, 6.07) is 7.50. The summed E-state index contributed by atoms with van der Waals surface area (Å²) in [5, 5.41) is 21.6. The van der Waals surface area contributed by atoms with E-state index in [1.54, 1.807) is 12.1 Å². The second kappa shape index (κ2) is 7.65. The van der Waals surface area contributed by atoms with Gasteiger partial charge in [-0.2, -0.15) is 0 Å². The minimum atomic E-state index is -0.870. The third kappa shape index (κ3) is 3.52. The molecule has 1 atom stereocenters. The molecule has 1 aromatic carbocycles. The van der Waals surface area contributed by atoms with E-state index >= 15 is 0 Å². The summed E-state index contributed by atoms with van der Waals surface area (Å²) in [6.07, 6.45) is 1.42. The molecule has 1 aliphatic heterocycles. The van der Waals surface area contributed by atoms with Gasteiger partial charge in [-0.05, 0) is 38.4 Å². The zero-order valence-electron chi connectivity index (χ0n) is 15.4. The number of likely N-dealkylation sites (tertiary alicyclic amines) is 1. The lowest BCUT2D eigenvalue weighted by molar-refractivity contribution is -0.384. The highest BCUT2D eigenvalue weighted by atomic mass is 16.6. The lowest BCUT2D eigenvalue weighted by Crippen LogP contribution is -2.35. The van der Waals surface area contributed by atoms with Crippen molar-refractivity contribution in [3.8, 4) is 0 Å². The van der Waals surface area contributed by atoms with Crippen LogP contribution in [0.2, 0.25) is 0 Å². The fraction of sp³-hybridized carbons (Fsp3) is 0.263. The molecule has 0 aliphatic carbocycles. The number of nitrogens with zero attached hydrogens (tertiary/aromatic N) is 3. The van der Waals surface area contributed by atoms with Crippen molar-refractivity contribution in [1.82, 2.24) is 9.80 Å². The maximum Gasteiger partial charge on any atom is 0.295 e. The summed E-state index contributed by atoms with van der Waals surface area (Å²) in [7, 11) is 3.69. The molecule has 3 rings (SSSR count). The fourth-order valence-corrected chi connectivity index (χ4v) is 3.06. The average Bonchev–Trinajstić information content (AvgIpc) is 3.27. The minimum Gasteiger partial charge on any atom is -0.507 e. The van der Waals surface area contributed by atoms with Crippen molar-refractivity contribution in [3.63, 3.8) is 0 Å². The van der Waals surface area contributed by atoms with Crippen LogP contribution in [-0.4, -0.2) is 58.7 Å². The van der Waals surface area contributed by atoms with Gasteiger partial charge in [0.2, 0.25) is 0 Å². The number of carbonyl (C=O) groups excluding carboxylic acids is 2. The first-order valence-electron chi connectivity index (χ1n) is 8.52. The SMILES string of the molecule is CN(C)CCN1C(=O)C(=O)/C(=C(\O)c2ccc([N+](=O)[O-])cc2)C1c1ccco1. The Kier molecular flexibility index (Phi) is 5.27. The Labute approximate surface area is 160 Å². The number of aliphatic hydroxyl groups excluding tert-OH is 1. The molecule has 0 saturated carbocycles. The number of benzene rings is 1. The van der Waals surface area contributed by atoms with Crippen molar-refractivity contribution in [2.24, 2.45) is 0 Å². The highest BCUT2D eigenvalue weighted by molar-refractivity contribution is 6.46. The summed E-state index contributed by atoms with van der Waals surface area (Å²) in [5.41, 5.74) is -0.0501. The molecule has 0 spiro atoms. The summed E-state index contributed by atoms with van der Waals surface area (Å²) in [5.74, 6) is -1.61. The van der Waals surface area contributed by atoms with Crippen LogP contribution in [0.5, 0.6) is 0 Å². The van der Waals surface area contributed by atoms with Crippen LogP contribution in [0.4, 0.5) is 5.69 Å². The molecule has 1 aliphatic rings. The topological polar surface area (TPSA) is 117 Å². The van der Waals surface area contributed by atoms with Gasteiger partial charge in [0.05, 0.1) is 16.8 Å². The van der Waals surface area contributed by atoms with Gasteiger partial charge in [-0.1, -0.05) is 0 Å². The summed E-state index contributed by atoms with van der Waals surface area (Å²) in [4.78, 5) is 38.8. The molecule has 1 fully saturated rings. The Hall–Kier alpha value is -3.46. The average molecular weight is 385 g/mol. The van der Waals surface area contributed by atoms with Crippen molar-refractivity contribution in [3.05, 3.63) is 69.7 Å². The van der Waals surface area contributed by atoms with Gasteiger partial charge in [0.15, 0.2) is 0 Å². The molecule has 2 heterocycles. The second-order valence-corrected chi connectivity index (χ2v) is 6.62. The molecule has 0 radical (unpaired) electrons. The van der Waals surface area contributed by atoms with Crippen LogP contribution in [0.15, 0.2) is 52.7 Å². The number of likely N-dealkylation sites (N-methyl/N-ethyl adjacent to an activating group) is 1. The quantitative estimate of drug-likeness (QED) is 0.266. The van der Waals surface area contributed by atoms with E-state index in [2.05, 4.69) is 0 Å². The third-order valence-electron chi connectivity index (χ3n) is 4.49. The number of hydrogen-bond donors (Lipinski definition) is 1. The fourth-order valence-electron chi connectivity index (χ4n) is 3.06. The van der Waals surface area contributed by atoms with Crippen LogP contribution < -0.4 is 0 Å². The Morgan fingerprint density at radius 1 is 1.25 bits per heavy atom. The number of amides is 1. The number of hydrogen-bond acceptors (Lipinski definition) is 7. The molecule has 2 aromatic rings. The highest BCUT2D eigenvalue weighted by Crippen LogP contribution is 2.39. The van der Waals surface area contributed by atoms with E-state index in [0.717, 1.165) is 0 Å². The van der Waals surface area contributed by atoms with Crippen LogP contribution in [0.3, 0.4) is 0 Å². The van der Waals surface area contributed by atoms with E-state index in [4.69, 9.17) is 4.42 Å². The van der Waals surface area contributed by atoms with Crippen LogP contribution in [0.25, 0.3) is 5.76 Å². The van der Waals surface area contributed by atoms with Gasteiger partial charge < -0.3 is 19.3 Å². The second-order valence-electron chi connectivity index (χ2n) is 6.62. The summed E-state index contributed by atoms with van der Waals surface area (Å²) >= 11 is 0. The Morgan fingerprint density at radius 3 is 2.46 bits per heavy atom. The largest absolute Gasteiger partial charge is 0.507 e. The van der Waals surface area contributed by atoms with Crippen molar-refractivity contribution < 1.29 is 24.0 Å². The molecule has 146 valence electrons. The van der Waals surface area contributed by atoms with Crippen molar-refractivity contribution in [2.75, 3.05) is 27.2 Å². The number of Topliss-reactive ketones (excluding diaryl/α,β-unsaturated/α-hetero) is 1. The number of nitro groups is 1. The number of rotatable bonds is 6. The maximum atomic E-state index is 12.7. The lowest BCUT2D eigenvalue weighted by atomic mass is 9.99. The van der Waals surface area contributed by atoms with Crippen molar-refractivity contribution >= 4 is 23.1 Å². The summed E-state index contributed by atoms with van der Waals surface area (Å²) in [6.45, 7) is 0.780. The van der Waals surface area contributed by atoms with E-state index in [1.807, 2.05) is 19.0 Å². The smallest absolute Gasteiger partial charge is 0.295 e. The molecule has 1 saturated heterocycles. The molecule has 1 N–H and O–H groups in total. The number of aliphatic hydroxyl groups is 1. The zero-order valence-corrected chi connectivity index (χ0v) is 15.4. The van der Waals surface area contributed by atoms with Gasteiger partial charge in [-0.3, -0.25) is 19.7 Å². The highest BCUT2D eigenvalue weighted by Gasteiger charge is 2.47. The van der Waals surface area contributed by atoms with Gasteiger partial charge >= 0.3 is 0 Å². The molecule has 1 amide bonds. The normalized spacial score (nSPS) is 18.8. The first-order valence-corrected chi connectivity index (χ1v) is 8.52. The molecule has 1 aromatic heterocycles. The van der Waals surface area contributed by atoms with Crippen molar-refractivity contribution in [2.45, 2.75) is 6.04 Å². The minimum absolute atomic E-state index is 0.104. The molecular formula is C19H19N3O6. The predicted octanol–water partition coefficient (Wildman–Crippen LogP) is 2.17. The standard InChI is InChI=1S/C19H19N3O6/c1-20(2)9-10-21-16(14-4-3-11-28-14)15(18(24)19(21)25)17(23)12-5-7-13(8-6-12)22(26)27/h3-8,11,16,23H,9-10H2,1-2H3/b17-15-. The number of non-ortho nitro benzene ring substituents is 1. The van der Waals surface area contributed by atoms with Gasteiger partial charge in [-0.15, -0.1) is 0 Å². The Bertz CT molecular complexity index is 931. The molecular weight excluding hydrogens is 366 g/mol. The van der Waals surface area contributed by atoms with Crippen LogP contribution in [-0.2, 0) is 9.59 Å². The van der Waals surface area contributed by atoms with Gasteiger partial charge in [0, 0.05) is 30.8 Å². The van der Waals surface area contributed by atoms with E-state index in [1.165, 1.54) is 35.4 Å². The predicted molar refractivity (Wildman–Crippen MR) is 99.4 cm³/mol. The van der Waals surface area contributed by atoms with Gasteiger partial charge in [0.25, 0.3) is 17.4 Å². The summed E-state index contributed by atoms with van der Waals surface area (Å²) < 4.78 is 5.42. The van der Waals surface area contributed by atoms with E-state index < -0.39 is 28.4 Å². The zero-order chi connectivity index (χ0) is 20.4. The number of furan rings is 1.